The van der Waals surface area contributed by atoms with E-state index in [0.717, 1.165) is 17.8 Å². The first kappa shape index (κ1) is 21.8. The van der Waals surface area contributed by atoms with Crippen molar-refractivity contribution in [3.8, 4) is 0 Å². The van der Waals surface area contributed by atoms with E-state index >= 15 is 0 Å². The molecule has 1 aromatic carbocycles. The van der Waals surface area contributed by atoms with Crippen molar-refractivity contribution >= 4 is 17.6 Å². The van der Waals surface area contributed by atoms with Gasteiger partial charge in [0.2, 0.25) is 0 Å². The number of amides is 2. The van der Waals surface area contributed by atoms with Crippen LogP contribution in [-0.4, -0.2) is 41.3 Å². The number of pyridine rings is 1. The van der Waals surface area contributed by atoms with Crippen molar-refractivity contribution < 1.29 is 9.59 Å². The number of carbonyl (C=O) groups excluding carboxylic acids is 2. The predicted molar refractivity (Wildman–Crippen MR) is 119 cm³/mol. The van der Waals surface area contributed by atoms with Crippen molar-refractivity contribution in [2.45, 2.75) is 46.1 Å². The van der Waals surface area contributed by atoms with Crippen LogP contribution < -0.4 is 10.6 Å². The molecule has 6 heteroatoms. The molecule has 1 atom stereocenters. The first-order valence-corrected chi connectivity index (χ1v) is 10.6. The Morgan fingerprint density at radius 3 is 2.63 bits per heavy atom. The maximum atomic E-state index is 12.9. The van der Waals surface area contributed by atoms with E-state index in [4.69, 9.17) is 0 Å². The summed E-state index contributed by atoms with van der Waals surface area (Å²) in [5.74, 6) is 1.20. The van der Waals surface area contributed by atoms with Crippen molar-refractivity contribution in [1.82, 2.24) is 15.2 Å². The third-order valence-corrected chi connectivity index (χ3v) is 5.56. The summed E-state index contributed by atoms with van der Waals surface area (Å²) in [5, 5.41) is 6.43. The summed E-state index contributed by atoms with van der Waals surface area (Å²) < 4.78 is 0. The van der Waals surface area contributed by atoms with E-state index in [9.17, 15) is 9.59 Å². The van der Waals surface area contributed by atoms with Gasteiger partial charge in [-0.1, -0.05) is 44.2 Å². The number of nitrogens with zero attached hydrogens (tertiary/aromatic N) is 2. The summed E-state index contributed by atoms with van der Waals surface area (Å²) in [6.07, 6.45) is 3.08. The minimum absolute atomic E-state index is 0.0563. The Bertz CT molecular complexity index is 867. The molecule has 1 unspecified atom stereocenters. The summed E-state index contributed by atoms with van der Waals surface area (Å²) in [4.78, 5) is 30.8. The van der Waals surface area contributed by atoms with Crippen LogP contribution in [0.3, 0.4) is 0 Å². The normalized spacial score (nSPS) is 16.4. The third kappa shape index (κ3) is 6.05. The Morgan fingerprint density at radius 2 is 1.90 bits per heavy atom. The molecule has 0 spiro atoms. The van der Waals surface area contributed by atoms with E-state index in [1.807, 2.05) is 35.2 Å². The van der Waals surface area contributed by atoms with Gasteiger partial charge in [0.15, 0.2) is 0 Å². The lowest BCUT2D eigenvalue weighted by molar-refractivity contribution is -0.117. The van der Waals surface area contributed by atoms with Gasteiger partial charge in [0.25, 0.3) is 0 Å². The Labute approximate surface area is 179 Å². The second-order valence-electron chi connectivity index (χ2n) is 8.90. The zero-order valence-corrected chi connectivity index (χ0v) is 18.1. The maximum Gasteiger partial charge on any atom is 0.317 e. The fourth-order valence-corrected chi connectivity index (χ4v) is 3.85. The molecule has 160 valence electrons. The van der Waals surface area contributed by atoms with Gasteiger partial charge >= 0.3 is 6.03 Å². The number of aromatic nitrogens is 1. The van der Waals surface area contributed by atoms with Crippen LogP contribution in [-0.2, 0) is 11.3 Å². The predicted octanol–water partition coefficient (Wildman–Crippen LogP) is 4.20. The fourth-order valence-electron chi connectivity index (χ4n) is 3.85. The zero-order chi connectivity index (χ0) is 21.6. The lowest BCUT2D eigenvalue weighted by atomic mass is 9.89. The van der Waals surface area contributed by atoms with Crippen LogP contribution >= 0.6 is 0 Å². The van der Waals surface area contributed by atoms with Gasteiger partial charge in [0, 0.05) is 38.8 Å². The number of hydrogen-bond acceptors (Lipinski definition) is 4. The molecule has 2 N–H and O–H groups in total. The zero-order valence-electron chi connectivity index (χ0n) is 18.1. The maximum absolute atomic E-state index is 12.9. The minimum atomic E-state index is -0.131. The number of nitrogens with one attached hydrogen (secondary N) is 2. The molecular weight excluding hydrogens is 376 g/mol. The van der Waals surface area contributed by atoms with Gasteiger partial charge in [0.05, 0.1) is 0 Å². The molecule has 0 bridgehead atoms. The van der Waals surface area contributed by atoms with Gasteiger partial charge in [0.1, 0.15) is 11.6 Å². The average Bonchev–Trinajstić information content (AvgIpc) is 2.91. The molecule has 2 amide bonds. The van der Waals surface area contributed by atoms with E-state index in [-0.39, 0.29) is 23.1 Å². The second-order valence-corrected chi connectivity index (χ2v) is 8.90. The Hall–Kier alpha value is -2.89. The molecule has 2 aromatic rings. The minimum Gasteiger partial charge on any atom is -0.369 e. The van der Waals surface area contributed by atoms with Crippen LogP contribution in [0.4, 0.5) is 10.6 Å². The summed E-state index contributed by atoms with van der Waals surface area (Å²) in [5.41, 5.74) is 2.20. The van der Waals surface area contributed by atoms with Crippen molar-refractivity contribution in [1.29, 1.82) is 0 Å². The Balaban J connectivity index is 1.58. The van der Waals surface area contributed by atoms with Gasteiger partial charge in [-0.25, -0.2) is 9.78 Å². The van der Waals surface area contributed by atoms with Gasteiger partial charge in [-0.05, 0) is 47.9 Å². The average molecular weight is 409 g/mol. The highest BCUT2D eigenvalue weighted by molar-refractivity contribution is 5.77. The molecule has 2 heterocycles. The number of anilines is 1. The smallest absolute Gasteiger partial charge is 0.317 e. The Morgan fingerprint density at radius 1 is 1.13 bits per heavy atom. The van der Waals surface area contributed by atoms with Gasteiger partial charge < -0.3 is 20.3 Å². The van der Waals surface area contributed by atoms with Gasteiger partial charge in [-0.3, -0.25) is 0 Å². The molecule has 0 radical (unpaired) electrons. The molecule has 6 nitrogen and oxygen atoms in total. The largest absolute Gasteiger partial charge is 0.369 e. The number of fused-ring (bicyclic) bond motifs is 1. The standard InChI is InChI=1S/C24H32N4O2/c1-18(29)14-19-11-13-28(15-20-8-4-5-9-21(19)20)23(30)27-17-24(2,3)16-26-22-10-6-7-12-25-22/h4-10,12,19H,11,13-17H2,1-3H3,(H,25,26)(H,27,30). The van der Waals surface area contributed by atoms with E-state index in [1.165, 1.54) is 5.56 Å². The van der Waals surface area contributed by atoms with E-state index < -0.39 is 0 Å². The lowest BCUT2D eigenvalue weighted by Gasteiger charge is -2.28. The van der Waals surface area contributed by atoms with Crippen molar-refractivity contribution in [3.63, 3.8) is 0 Å². The third-order valence-electron chi connectivity index (χ3n) is 5.56. The van der Waals surface area contributed by atoms with Crippen LogP contribution in [0.25, 0.3) is 0 Å². The van der Waals surface area contributed by atoms with Crippen molar-refractivity contribution in [2.75, 3.05) is 25.0 Å². The van der Waals surface area contributed by atoms with Crippen molar-refractivity contribution in [3.05, 3.63) is 59.8 Å². The molecule has 0 saturated heterocycles. The summed E-state index contributed by atoms with van der Waals surface area (Å²) >= 11 is 0. The van der Waals surface area contributed by atoms with Crippen LogP contribution in [0, 0.1) is 5.41 Å². The van der Waals surface area contributed by atoms with Crippen LogP contribution in [0.5, 0.6) is 0 Å². The highest BCUT2D eigenvalue weighted by Crippen LogP contribution is 2.31. The number of rotatable bonds is 7. The number of urea groups is 1. The number of ketones is 1. The molecule has 0 saturated carbocycles. The lowest BCUT2D eigenvalue weighted by Crippen LogP contribution is -2.45. The van der Waals surface area contributed by atoms with E-state index in [1.54, 1.807) is 13.1 Å². The summed E-state index contributed by atoms with van der Waals surface area (Å²) in [7, 11) is 0. The second kappa shape index (κ2) is 9.74. The van der Waals surface area contributed by atoms with Gasteiger partial charge in [-0.2, -0.15) is 0 Å². The van der Waals surface area contributed by atoms with Crippen LogP contribution in [0.15, 0.2) is 48.7 Å². The van der Waals surface area contributed by atoms with Crippen LogP contribution in [0.1, 0.15) is 50.7 Å². The highest BCUT2D eigenvalue weighted by Gasteiger charge is 2.27. The van der Waals surface area contributed by atoms with E-state index in [0.29, 0.717) is 32.6 Å². The summed E-state index contributed by atoms with van der Waals surface area (Å²) in [6, 6.07) is 13.9. The molecule has 1 aliphatic heterocycles. The van der Waals surface area contributed by atoms with Crippen LogP contribution in [0.2, 0.25) is 0 Å². The molecule has 0 fully saturated rings. The number of benzene rings is 1. The highest BCUT2D eigenvalue weighted by atomic mass is 16.2. The SMILES string of the molecule is CC(=O)CC1CCN(C(=O)NCC(C)(C)CNc2ccccn2)Cc2ccccc21. The molecule has 3 rings (SSSR count). The molecular formula is C24H32N4O2. The first-order chi connectivity index (χ1) is 14.3. The molecule has 1 aromatic heterocycles. The molecule has 1 aliphatic rings. The first-order valence-electron chi connectivity index (χ1n) is 10.6. The summed E-state index contributed by atoms with van der Waals surface area (Å²) in [6.45, 7) is 8.34. The number of hydrogen-bond donors (Lipinski definition) is 2. The number of Topliss-reactive ketones (excluding diaryl/α,β-unsaturated/α-hetero) is 1. The monoisotopic (exact) mass is 408 g/mol. The number of carbonyl (C=O) groups is 2. The fraction of sp³-hybridized carbons (Fsp3) is 0.458. The van der Waals surface area contributed by atoms with Crippen molar-refractivity contribution in [2.24, 2.45) is 5.41 Å². The molecule has 30 heavy (non-hydrogen) atoms. The topological polar surface area (TPSA) is 74.3 Å². The van der Waals surface area contributed by atoms with E-state index in [2.05, 4.69) is 41.6 Å². The van der Waals surface area contributed by atoms with Gasteiger partial charge in [-0.15, -0.1) is 0 Å². The quantitative estimate of drug-likeness (QED) is 0.720. The Kier molecular flexibility index (Phi) is 7.08. The molecule has 0 aliphatic carbocycles.